The van der Waals surface area contributed by atoms with Gasteiger partial charge in [0, 0.05) is 16.7 Å². The molecule has 2 rings (SSSR count). The molecule has 1 aromatic rings. The van der Waals surface area contributed by atoms with Crippen molar-refractivity contribution in [3.05, 3.63) is 29.3 Å². The number of thioether (sulfide) groups is 1. The highest BCUT2D eigenvalue weighted by atomic mass is 32.2. The van der Waals surface area contributed by atoms with E-state index in [4.69, 9.17) is 0 Å². The number of nitrogens with one attached hydrogen (secondary N) is 1. The first-order valence-electron chi connectivity index (χ1n) is 7.62. The highest BCUT2D eigenvalue weighted by Gasteiger charge is 2.16. The van der Waals surface area contributed by atoms with Gasteiger partial charge in [-0.3, -0.25) is 0 Å². The topological polar surface area (TPSA) is 12.0 Å². The molecule has 1 fully saturated rings. The smallest absolute Gasteiger partial charge is 0.0205 e. The summed E-state index contributed by atoms with van der Waals surface area (Å²) in [7, 11) is 0. The SMILES string of the molecule is Cc1cc(CNCC(C)C)ccc1SC1CCCC1. The summed E-state index contributed by atoms with van der Waals surface area (Å²) in [6, 6.07) is 6.97. The van der Waals surface area contributed by atoms with Gasteiger partial charge in [-0.05, 0) is 49.4 Å². The maximum Gasteiger partial charge on any atom is 0.0205 e. The van der Waals surface area contributed by atoms with Crippen LogP contribution >= 0.6 is 11.8 Å². The zero-order valence-electron chi connectivity index (χ0n) is 12.5. The molecule has 0 saturated heterocycles. The molecule has 0 spiro atoms. The van der Waals surface area contributed by atoms with Gasteiger partial charge in [-0.2, -0.15) is 0 Å². The molecule has 0 aromatic heterocycles. The van der Waals surface area contributed by atoms with Crippen molar-refractivity contribution in [1.29, 1.82) is 0 Å². The monoisotopic (exact) mass is 277 g/mol. The van der Waals surface area contributed by atoms with Crippen LogP contribution in [0.4, 0.5) is 0 Å². The maximum atomic E-state index is 3.51. The zero-order valence-corrected chi connectivity index (χ0v) is 13.4. The van der Waals surface area contributed by atoms with Crippen molar-refractivity contribution in [1.82, 2.24) is 5.32 Å². The lowest BCUT2D eigenvalue weighted by atomic mass is 10.1. The van der Waals surface area contributed by atoms with Crippen LogP contribution in [0.3, 0.4) is 0 Å². The molecule has 0 unspecified atom stereocenters. The first-order valence-corrected chi connectivity index (χ1v) is 8.50. The van der Waals surface area contributed by atoms with Crippen LogP contribution < -0.4 is 5.32 Å². The molecular formula is C17H27NS. The minimum atomic E-state index is 0.721. The first kappa shape index (κ1) is 14.9. The van der Waals surface area contributed by atoms with Gasteiger partial charge in [0.15, 0.2) is 0 Å². The van der Waals surface area contributed by atoms with E-state index in [1.807, 2.05) is 0 Å². The average molecular weight is 277 g/mol. The Bertz CT molecular complexity index is 394. The van der Waals surface area contributed by atoms with Crippen molar-refractivity contribution in [3.8, 4) is 0 Å². The Morgan fingerprint density at radius 2 is 2.00 bits per heavy atom. The summed E-state index contributed by atoms with van der Waals surface area (Å²) < 4.78 is 0. The summed E-state index contributed by atoms with van der Waals surface area (Å²) in [5.41, 5.74) is 2.86. The number of hydrogen-bond acceptors (Lipinski definition) is 2. The molecule has 19 heavy (non-hydrogen) atoms. The molecule has 0 aliphatic heterocycles. The molecule has 2 heteroatoms. The van der Waals surface area contributed by atoms with E-state index in [0.717, 1.165) is 24.3 Å². The summed E-state index contributed by atoms with van der Waals surface area (Å²) in [5.74, 6) is 0.721. The fourth-order valence-electron chi connectivity index (χ4n) is 2.64. The predicted octanol–water partition coefficient (Wildman–Crippen LogP) is 4.78. The Balaban J connectivity index is 1.88. The van der Waals surface area contributed by atoms with Gasteiger partial charge in [0.25, 0.3) is 0 Å². The molecule has 1 aromatic carbocycles. The number of benzene rings is 1. The van der Waals surface area contributed by atoms with Crippen molar-refractivity contribution in [2.45, 2.75) is 63.1 Å². The van der Waals surface area contributed by atoms with Crippen molar-refractivity contribution < 1.29 is 0 Å². The van der Waals surface area contributed by atoms with Crippen molar-refractivity contribution in [2.24, 2.45) is 5.92 Å². The van der Waals surface area contributed by atoms with Gasteiger partial charge < -0.3 is 5.32 Å². The van der Waals surface area contributed by atoms with Crippen LogP contribution in [0, 0.1) is 12.8 Å². The summed E-state index contributed by atoms with van der Waals surface area (Å²) in [4.78, 5) is 1.49. The van der Waals surface area contributed by atoms with Crippen LogP contribution in [0.5, 0.6) is 0 Å². The lowest BCUT2D eigenvalue weighted by molar-refractivity contribution is 0.552. The molecule has 106 valence electrons. The average Bonchev–Trinajstić information content (AvgIpc) is 2.85. The summed E-state index contributed by atoms with van der Waals surface area (Å²) in [6.45, 7) is 8.84. The highest BCUT2D eigenvalue weighted by molar-refractivity contribution is 8.00. The van der Waals surface area contributed by atoms with E-state index in [1.165, 1.54) is 41.7 Å². The lowest BCUT2D eigenvalue weighted by Crippen LogP contribution is -2.18. The minimum absolute atomic E-state index is 0.721. The molecular weight excluding hydrogens is 250 g/mol. The van der Waals surface area contributed by atoms with Gasteiger partial charge in [0.1, 0.15) is 0 Å². The van der Waals surface area contributed by atoms with Crippen LogP contribution in [0.2, 0.25) is 0 Å². The van der Waals surface area contributed by atoms with Crippen LogP contribution in [-0.4, -0.2) is 11.8 Å². The maximum absolute atomic E-state index is 3.51. The Kier molecular flexibility index (Phi) is 5.77. The van der Waals surface area contributed by atoms with Gasteiger partial charge in [-0.1, -0.05) is 38.8 Å². The van der Waals surface area contributed by atoms with E-state index in [2.05, 4.69) is 56.0 Å². The third kappa shape index (κ3) is 4.85. The fraction of sp³-hybridized carbons (Fsp3) is 0.647. The summed E-state index contributed by atoms with van der Waals surface area (Å²) >= 11 is 2.09. The van der Waals surface area contributed by atoms with Crippen LogP contribution in [0.25, 0.3) is 0 Å². The number of aryl methyl sites for hydroxylation is 1. The highest BCUT2D eigenvalue weighted by Crippen LogP contribution is 2.36. The predicted molar refractivity (Wildman–Crippen MR) is 85.8 cm³/mol. The van der Waals surface area contributed by atoms with E-state index in [1.54, 1.807) is 0 Å². The molecule has 1 aliphatic carbocycles. The fourth-order valence-corrected chi connectivity index (χ4v) is 3.96. The van der Waals surface area contributed by atoms with Crippen molar-refractivity contribution in [2.75, 3.05) is 6.54 Å². The molecule has 0 heterocycles. The molecule has 0 amide bonds. The molecule has 0 atom stereocenters. The Hall–Kier alpha value is -0.470. The van der Waals surface area contributed by atoms with E-state index in [0.29, 0.717) is 0 Å². The molecule has 1 N–H and O–H groups in total. The van der Waals surface area contributed by atoms with E-state index in [-0.39, 0.29) is 0 Å². The van der Waals surface area contributed by atoms with Gasteiger partial charge in [0.2, 0.25) is 0 Å². The molecule has 0 radical (unpaired) electrons. The van der Waals surface area contributed by atoms with Gasteiger partial charge >= 0.3 is 0 Å². The molecule has 1 nitrogen and oxygen atoms in total. The van der Waals surface area contributed by atoms with E-state index in [9.17, 15) is 0 Å². The van der Waals surface area contributed by atoms with E-state index >= 15 is 0 Å². The van der Waals surface area contributed by atoms with E-state index < -0.39 is 0 Å². The minimum Gasteiger partial charge on any atom is -0.312 e. The molecule has 1 saturated carbocycles. The van der Waals surface area contributed by atoms with Gasteiger partial charge in [-0.25, -0.2) is 0 Å². The first-order chi connectivity index (χ1) is 9.15. The second kappa shape index (κ2) is 7.35. The Morgan fingerprint density at radius 1 is 1.26 bits per heavy atom. The molecule has 0 bridgehead atoms. The lowest BCUT2D eigenvalue weighted by Gasteiger charge is -2.13. The molecule has 1 aliphatic rings. The van der Waals surface area contributed by atoms with Crippen LogP contribution in [0.15, 0.2) is 23.1 Å². The van der Waals surface area contributed by atoms with Crippen molar-refractivity contribution in [3.63, 3.8) is 0 Å². The summed E-state index contributed by atoms with van der Waals surface area (Å²) in [5, 5.41) is 4.38. The van der Waals surface area contributed by atoms with Gasteiger partial charge in [0.05, 0.1) is 0 Å². The Labute approximate surface area is 122 Å². The normalized spacial score (nSPS) is 16.4. The van der Waals surface area contributed by atoms with Crippen LogP contribution in [-0.2, 0) is 6.54 Å². The second-order valence-electron chi connectivity index (χ2n) is 6.15. The Morgan fingerprint density at radius 3 is 2.63 bits per heavy atom. The quantitative estimate of drug-likeness (QED) is 0.803. The number of rotatable bonds is 6. The third-order valence-corrected chi connectivity index (χ3v) is 5.23. The third-order valence-electron chi connectivity index (χ3n) is 3.72. The van der Waals surface area contributed by atoms with Crippen molar-refractivity contribution >= 4 is 11.8 Å². The van der Waals surface area contributed by atoms with Crippen LogP contribution in [0.1, 0.15) is 50.7 Å². The summed E-state index contributed by atoms with van der Waals surface area (Å²) in [6.07, 6.45) is 5.66. The second-order valence-corrected chi connectivity index (χ2v) is 7.49. The van der Waals surface area contributed by atoms with Gasteiger partial charge in [-0.15, -0.1) is 11.8 Å². The standard InChI is InChI=1S/C17H27NS/c1-13(2)11-18-12-15-8-9-17(14(3)10-15)19-16-6-4-5-7-16/h8-10,13,16,18H,4-7,11-12H2,1-3H3. The largest absolute Gasteiger partial charge is 0.312 e. The zero-order chi connectivity index (χ0) is 13.7. The number of hydrogen-bond donors (Lipinski definition) is 1.